The first-order valence-electron chi connectivity index (χ1n) is 43.8. The average molecular weight is 1520 g/mol. The standard InChI is InChI=1S/C85H166O17P2/c1-8-9-10-11-12-45-52-59-66-82(87)95-72-80(101-84(89)68-62-55-48-41-35-29-23-17-20-26-32-38-44-51-58-65-78(6)7)74-99-103(91,92)97-70-79(86)71-98-104(93,94)100-75-81(102-85(90)69-61-54-47-40-34-28-22-16-14-19-25-31-37-43-50-57-64-77(4)5)73-96-83(88)67-60-53-46-39-33-27-21-15-13-18-24-30-36-42-49-56-63-76(2)3/h76-81,86H,8-75H2,1-7H3,(H,91,92)(H,93,94)/t79-,80+,81+/m0/s1. The van der Waals surface area contributed by atoms with Crippen LogP contribution in [-0.2, 0) is 65.4 Å². The monoisotopic (exact) mass is 1520 g/mol. The summed E-state index contributed by atoms with van der Waals surface area (Å²) in [6.45, 7) is 12.0. The third-order valence-electron chi connectivity index (χ3n) is 19.9. The zero-order valence-corrected chi connectivity index (χ0v) is 70.3. The highest BCUT2D eigenvalue weighted by Crippen LogP contribution is 2.45. The lowest BCUT2D eigenvalue weighted by Crippen LogP contribution is -2.30. The maximum Gasteiger partial charge on any atom is 0.472 e. The van der Waals surface area contributed by atoms with E-state index in [9.17, 15) is 43.2 Å². The summed E-state index contributed by atoms with van der Waals surface area (Å²) < 4.78 is 68.8. The van der Waals surface area contributed by atoms with Gasteiger partial charge in [0.15, 0.2) is 12.2 Å². The number of hydrogen-bond acceptors (Lipinski definition) is 15. The molecule has 0 amide bonds. The van der Waals surface area contributed by atoms with Crippen LogP contribution in [0.2, 0.25) is 0 Å². The largest absolute Gasteiger partial charge is 0.472 e. The maximum atomic E-state index is 13.1. The molecule has 0 fully saturated rings. The predicted octanol–water partition coefficient (Wildman–Crippen LogP) is 25.7. The highest BCUT2D eigenvalue weighted by Gasteiger charge is 2.30. The van der Waals surface area contributed by atoms with Crippen LogP contribution in [0.4, 0.5) is 0 Å². The lowest BCUT2D eigenvalue weighted by atomic mass is 10.0. The second kappa shape index (κ2) is 75.1. The molecule has 0 radical (unpaired) electrons. The zero-order chi connectivity index (χ0) is 76.5. The van der Waals surface area contributed by atoms with E-state index in [1.54, 1.807) is 0 Å². The summed E-state index contributed by atoms with van der Waals surface area (Å²) in [5.41, 5.74) is 0. The highest BCUT2D eigenvalue weighted by molar-refractivity contribution is 7.47. The van der Waals surface area contributed by atoms with Gasteiger partial charge in [-0.1, -0.05) is 395 Å². The Kier molecular flexibility index (Phi) is 73.7. The van der Waals surface area contributed by atoms with Crippen LogP contribution in [0.1, 0.15) is 447 Å². The van der Waals surface area contributed by atoms with E-state index in [0.717, 1.165) is 114 Å². The molecule has 3 N–H and O–H groups in total. The molecule has 0 bridgehead atoms. The first kappa shape index (κ1) is 102. The molecular formula is C85H166O17P2. The van der Waals surface area contributed by atoms with E-state index in [0.29, 0.717) is 25.7 Å². The topological polar surface area (TPSA) is 237 Å². The van der Waals surface area contributed by atoms with Crippen LogP contribution < -0.4 is 0 Å². The Bertz CT molecular complexity index is 2010. The van der Waals surface area contributed by atoms with Gasteiger partial charge in [-0.15, -0.1) is 0 Å². The van der Waals surface area contributed by atoms with Gasteiger partial charge in [-0.3, -0.25) is 37.3 Å². The fourth-order valence-electron chi connectivity index (χ4n) is 13.2. The Balaban J connectivity index is 5.19. The number of unbranched alkanes of at least 4 members (excludes halogenated alkanes) is 51. The number of hydrogen-bond donors (Lipinski definition) is 3. The molecular weight excluding hydrogens is 1350 g/mol. The molecule has 17 nitrogen and oxygen atoms in total. The van der Waals surface area contributed by atoms with Gasteiger partial charge in [0.05, 0.1) is 26.4 Å². The van der Waals surface area contributed by atoms with Crippen molar-refractivity contribution in [2.75, 3.05) is 39.6 Å². The van der Waals surface area contributed by atoms with Crippen LogP contribution in [0, 0.1) is 17.8 Å². The summed E-state index contributed by atoms with van der Waals surface area (Å²) in [7, 11) is -9.92. The summed E-state index contributed by atoms with van der Waals surface area (Å²) in [4.78, 5) is 73.1. The van der Waals surface area contributed by atoms with E-state index < -0.39 is 97.5 Å². The van der Waals surface area contributed by atoms with Crippen molar-refractivity contribution in [1.29, 1.82) is 0 Å². The number of carbonyl (C=O) groups is 4. The number of rotatable bonds is 83. The van der Waals surface area contributed by atoms with Crippen LogP contribution in [-0.4, -0.2) is 96.7 Å². The molecule has 0 saturated heterocycles. The van der Waals surface area contributed by atoms with E-state index in [4.69, 9.17) is 37.0 Å². The minimum atomic E-state index is -4.96. The number of aliphatic hydroxyl groups is 1. The SMILES string of the molecule is CCCCCCCCCCC(=O)OC[C@H](COP(=O)(O)OC[C@H](O)COP(=O)(O)OC[C@@H](COC(=O)CCCCCCCCCCCCCCCCCCC(C)C)OC(=O)CCCCCCCCCCCCCCCCCCC(C)C)OC(=O)CCCCCCCCCCCCCCCCCC(C)C. The quantitative estimate of drug-likeness (QED) is 0.0222. The molecule has 618 valence electrons. The van der Waals surface area contributed by atoms with Crippen molar-refractivity contribution in [3.8, 4) is 0 Å². The van der Waals surface area contributed by atoms with E-state index in [2.05, 4.69) is 48.5 Å². The van der Waals surface area contributed by atoms with Crippen molar-refractivity contribution in [2.24, 2.45) is 17.8 Å². The number of phosphoric acid groups is 2. The fourth-order valence-corrected chi connectivity index (χ4v) is 14.8. The molecule has 0 saturated carbocycles. The minimum Gasteiger partial charge on any atom is -0.462 e. The van der Waals surface area contributed by atoms with Gasteiger partial charge in [-0.05, 0) is 43.4 Å². The Hall–Kier alpha value is -1.94. The van der Waals surface area contributed by atoms with Crippen LogP contribution in [0.25, 0.3) is 0 Å². The summed E-state index contributed by atoms with van der Waals surface area (Å²) in [6, 6.07) is 0. The number of esters is 4. The fraction of sp³-hybridized carbons (Fsp3) is 0.953. The van der Waals surface area contributed by atoms with Crippen molar-refractivity contribution >= 4 is 39.5 Å². The third kappa shape index (κ3) is 78.2. The van der Waals surface area contributed by atoms with E-state index in [1.807, 2.05) is 0 Å². The molecule has 19 heteroatoms. The van der Waals surface area contributed by atoms with Crippen LogP contribution >= 0.6 is 15.6 Å². The lowest BCUT2D eigenvalue weighted by molar-refractivity contribution is -0.161. The van der Waals surface area contributed by atoms with E-state index in [1.165, 1.54) is 250 Å². The molecule has 104 heavy (non-hydrogen) atoms. The maximum absolute atomic E-state index is 13.1. The summed E-state index contributed by atoms with van der Waals surface area (Å²) in [5, 5.41) is 10.7. The Morgan fingerprint density at radius 1 is 0.260 bits per heavy atom. The summed E-state index contributed by atoms with van der Waals surface area (Å²) >= 11 is 0. The molecule has 0 heterocycles. The van der Waals surface area contributed by atoms with Crippen molar-refractivity contribution < 1.29 is 80.2 Å². The van der Waals surface area contributed by atoms with E-state index >= 15 is 0 Å². The van der Waals surface area contributed by atoms with Gasteiger partial charge in [0.25, 0.3) is 0 Å². The second-order valence-electron chi connectivity index (χ2n) is 32.0. The molecule has 0 rings (SSSR count). The molecule has 0 aliphatic heterocycles. The number of aliphatic hydroxyl groups excluding tert-OH is 1. The molecule has 5 atom stereocenters. The molecule has 0 spiro atoms. The van der Waals surface area contributed by atoms with Crippen LogP contribution in [0.15, 0.2) is 0 Å². The zero-order valence-electron chi connectivity index (χ0n) is 68.5. The Morgan fingerprint density at radius 2 is 0.442 bits per heavy atom. The average Bonchev–Trinajstić information content (AvgIpc) is 0.914. The molecule has 0 aliphatic carbocycles. The van der Waals surface area contributed by atoms with Gasteiger partial charge >= 0.3 is 39.5 Å². The number of ether oxygens (including phenoxy) is 4. The van der Waals surface area contributed by atoms with Gasteiger partial charge < -0.3 is 33.8 Å². The second-order valence-corrected chi connectivity index (χ2v) is 34.9. The van der Waals surface area contributed by atoms with Gasteiger partial charge in [-0.2, -0.15) is 0 Å². The van der Waals surface area contributed by atoms with Gasteiger partial charge in [0.2, 0.25) is 0 Å². The summed E-state index contributed by atoms with van der Waals surface area (Å²) in [5.74, 6) is 0.317. The number of carbonyl (C=O) groups excluding carboxylic acids is 4. The Morgan fingerprint density at radius 3 is 0.654 bits per heavy atom. The van der Waals surface area contributed by atoms with Crippen molar-refractivity contribution in [3.05, 3.63) is 0 Å². The van der Waals surface area contributed by atoms with Crippen molar-refractivity contribution in [2.45, 2.75) is 465 Å². The van der Waals surface area contributed by atoms with Crippen molar-refractivity contribution in [3.63, 3.8) is 0 Å². The molecule has 0 aromatic heterocycles. The third-order valence-corrected chi connectivity index (χ3v) is 21.8. The van der Waals surface area contributed by atoms with Gasteiger partial charge in [0, 0.05) is 25.7 Å². The van der Waals surface area contributed by atoms with E-state index in [-0.39, 0.29) is 25.7 Å². The first-order chi connectivity index (χ1) is 50.2. The Labute approximate surface area is 638 Å². The number of phosphoric ester groups is 2. The lowest BCUT2D eigenvalue weighted by Gasteiger charge is -2.21. The highest BCUT2D eigenvalue weighted by atomic mass is 31.2. The minimum absolute atomic E-state index is 0.108. The first-order valence-corrected chi connectivity index (χ1v) is 46.8. The summed E-state index contributed by atoms with van der Waals surface area (Å²) in [6.07, 6.45) is 65.3. The van der Waals surface area contributed by atoms with Gasteiger partial charge in [0.1, 0.15) is 19.3 Å². The molecule has 0 aromatic rings. The van der Waals surface area contributed by atoms with Crippen LogP contribution in [0.5, 0.6) is 0 Å². The molecule has 0 aliphatic rings. The molecule has 0 aromatic carbocycles. The normalized spacial score (nSPS) is 13.9. The molecule has 2 unspecified atom stereocenters. The van der Waals surface area contributed by atoms with Gasteiger partial charge in [-0.25, -0.2) is 9.13 Å². The van der Waals surface area contributed by atoms with Crippen LogP contribution in [0.3, 0.4) is 0 Å². The smallest absolute Gasteiger partial charge is 0.462 e. The van der Waals surface area contributed by atoms with Crippen molar-refractivity contribution in [1.82, 2.24) is 0 Å². The predicted molar refractivity (Wildman–Crippen MR) is 428 cm³/mol.